The minimum atomic E-state index is -5.65. The Morgan fingerprint density at radius 3 is 1.56 bits per heavy atom. The van der Waals surface area contributed by atoms with E-state index in [-0.39, 0.29) is 70.8 Å². The number of primary amides is 1. The van der Waals surface area contributed by atoms with Crippen LogP contribution in [0.4, 0.5) is 28.0 Å². The van der Waals surface area contributed by atoms with Crippen molar-refractivity contribution in [3.8, 4) is 5.75 Å². The van der Waals surface area contributed by atoms with E-state index in [2.05, 4.69) is 9.73 Å². The molecule has 0 aliphatic carbocycles. The lowest BCUT2D eigenvalue weighted by molar-refractivity contribution is -0.183. The molecule has 2 aromatic rings. The van der Waals surface area contributed by atoms with Crippen molar-refractivity contribution in [3.63, 3.8) is 0 Å². The molecule has 1 fully saturated rings. The average molecular weight is 1220 g/mol. The number of likely N-dealkylation sites (tertiary alicyclic amines) is 1. The first-order valence-electron chi connectivity index (χ1n) is 26.7. The number of amides is 4. The van der Waals surface area contributed by atoms with E-state index in [0.717, 1.165) is 16.2 Å². The van der Waals surface area contributed by atoms with Gasteiger partial charge < -0.3 is 73.4 Å². The summed E-state index contributed by atoms with van der Waals surface area (Å²) in [5.41, 5.74) is 12.8. The van der Waals surface area contributed by atoms with Crippen molar-refractivity contribution < 1.29 is 107 Å². The van der Waals surface area contributed by atoms with Crippen molar-refractivity contribution in [3.05, 3.63) is 44.7 Å². The van der Waals surface area contributed by atoms with E-state index in [0.29, 0.717) is 155 Å². The number of esters is 1. The van der Waals surface area contributed by atoms with E-state index in [4.69, 9.17) is 68.2 Å². The zero-order valence-electron chi connectivity index (χ0n) is 46.2. The van der Waals surface area contributed by atoms with Gasteiger partial charge in [0.1, 0.15) is 5.84 Å². The van der Waals surface area contributed by atoms with E-state index in [1.54, 1.807) is 11.3 Å². The second-order valence-corrected chi connectivity index (χ2v) is 20.5. The number of rotatable bonds is 45. The first-order valence-corrected chi connectivity index (χ1v) is 28.9. The summed E-state index contributed by atoms with van der Waals surface area (Å²) in [6.07, 6.45) is 3.15. The standard InChI is InChI=1S/C51H76F4N6O19S2/c1-3-7-61(79-11-8-59(4-2)51(57)65)50(64)37-31-40-39(58-41(56)32-37)33-38(81-40)30-36-34-60(35-36)42(62)5-9-69-12-14-71-16-18-73-20-22-75-24-26-77-28-29-78-27-25-76-23-21-74-19-17-72-15-13-70-10-6-43(63)80-48-44(52)46(54)49(82(66,67)68)47(55)45(48)53/h31,33,36H,3-30,32,34-35H2,1-2H3,(H2,56,58)(H2,57,65)(H,66,67,68). The maximum atomic E-state index is 14.0. The van der Waals surface area contributed by atoms with Crippen molar-refractivity contribution in [1.82, 2.24) is 14.9 Å². The van der Waals surface area contributed by atoms with Gasteiger partial charge in [0.25, 0.3) is 5.91 Å². The molecular formula is C51H76F4N6O19S2. The van der Waals surface area contributed by atoms with Crippen molar-refractivity contribution in [2.45, 2.75) is 50.8 Å². The number of aliphatic imine (C=N–C) groups is 1. The maximum Gasteiger partial charge on any atom is 0.314 e. The topological polar surface area (TPSA) is 308 Å². The first kappa shape index (κ1) is 69.5. The number of amidine groups is 1. The third kappa shape index (κ3) is 25.5. The summed E-state index contributed by atoms with van der Waals surface area (Å²) in [5.74, 6) is -12.3. The number of urea groups is 1. The fourth-order valence-corrected chi connectivity index (χ4v) is 9.38. The molecule has 2 aliphatic heterocycles. The van der Waals surface area contributed by atoms with Crippen LogP contribution in [0.25, 0.3) is 6.08 Å². The van der Waals surface area contributed by atoms with E-state index in [1.807, 2.05) is 30.9 Å². The second kappa shape index (κ2) is 38.8. The lowest BCUT2D eigenvalue weighted by Gasteiger charge is -2.39. The Morgan fingerprint density at radius 2 is 1.13 bits per heavy atom. The van der Waals surface area contributed by atoms with Crippen molar-refractivity contribution in [1.29, 1.82) is 0 Å². The number of halogens is 4. The first-order chi connectivity index (χ1) is 39.4. The van der Waals surface area contributed by atoms with Gasteiger partial charge in [-0.3, -0.25) is 23.8 Å². The van der Waals surface area contributed by atoms with Crippen LogP contribution in [0.3, 0.4) is 0 Å². The van der Waals surface area contributed by atoms with E-state index < -0.39 is 62.5 Å². The Kier molecular flexibility index (Phi) is 32.9. The van der Waals surface area contributed by atoms with E-state index in [9.17, 15) is 45.2 Å². The Hall–Kier alpha value is -5.00. The Balaban J connectivity index is 0.861. The summed E-state index contributed by atoms with van der Waals surface area (Å²) in [5, 5.41) is 1.31. The summed E-state index contributed by atoms with van der Waals surface area (Å²) in [6, 6.07) is 1.45. The van der Waals surface area contributed by atoms with Crippen LogP contribution in [0.2, 0.25) is 0 Å². The highest BCUT2D eigenvalue weighted by molar-refractivity contribution is 7.85. The third-order valence-electron chi connectivity index (χ3n) is 11.7. The number of benzene rings is 1. The molecule has 25 nitrogen and oxygen atoms in total. The van der Waals surface area contributed by atoms with Crippen molar-refractivity contribution in [2.75, 3.05) is 171 Å². The molecule has 31 heteroatoms. The smallest absolute Gasteiger partial charge is 0.314 e. The summed E-state index contributed by atoms with van der Waals surface area (Å²) in [7, 11) is -5.65. The Labute approximate surface area is 477 Å². The molecule has 4 amide bonds. The van der Waals surface area contributed by atoms with Gasteiger partial charge in [0, 0.05) is 49.6 Å². The fraction of sp³-hybridized carbons (Fsp3) is 0.667. The third-order valence-corrected chi connectivity index (χ3v) is 13.6. The molecule has 0 spiro atoms. The molecule has 0 atom stereocenters. The lowest BCUT2D eigenvalue weighted by Crippen LogP contribution is -2.50. The molecule has 5 N–H and O–H groups in total. The number of thiophene rings is 1. The Morgan fingerprint density at radius 1 is 0.683 bits per heavy atom. The number of carbonyl (C=O) groups excluding carboxylic acids is 4. The van der Waals surface area contributed by atoms with Gasteiger partial charge in [-0.1, -0.05) is 6.92 Å². The molecule has 82 heavy (non-hydrogen) atoms. The number of hydrogen-bond donors (Lipinski definition) is 3. The highest BCUT2D eigenvalue weighted by Gasteiger charge is 2.35. The number of nitrogens with zero attached hydrogens (tertiary/aromatic N) is 4. The molecule has 0 saturated carbocycles. The minimum absolute atomic E-state index is 0.0154. The molecule has 0 bridgehead atoms. The summed E-state index contributed by atoms with van der Waals surface area (Å²) in [4.78, 5) is 63.0. The van der Waals surface area contributed by atoms with Gasteiger partial charge in [-0.2, -0.15) is 17.2 Å². The van der Waals surface area contributed by atoms with Crippen LogP contribution in [-0.4, -0.2) is 229 Å². The zero-order valence-corrected chi connectivity index (χ0v) is 47.9. The van der Waals surface area contributed by atoms with E-state index >= 15 is 0 Å². The number of fused-ring (bicyclic) bond motifs is 1. The SMILES string of the molecule is CCCN(OCCN(CC)C(N)=O)C(=O)C1=Cc2sc(CC3CN(C(=O)CCOCCOCCOCCOCCOCCOCCOCCOCCOCCOCCC(=O)Oc4c(F)c(F)c(S(=O)(=O)O)c(F)c4F)C3)cc2N=C(N)C1. The molecule has 464 valence electrons. The second-order valence-electron chi connectivity index (χ2n) is 17.9. The van der Waals surface area contributed by atoms with Gasteiger partial charge in [0.2, 0.25) is 23.3 Å². The highest BCUT2D eigenvalue weighted by Crippen LogP contribution is 2.37. The number of hydrogen-bond acceptors (Lipinski definition) is 21. The van der Waals surface area contributed by atoms with Crippen molar-refractivity contribution >= 4 is 62.9 Å². The van der Waals surface area contributed by atoms with Crippen molar-refractivity contribution in [2.24, 2.45) is 22.4 Å². The number of nitrogens with two attached hydrogens (primary N) is 2. The average Bonchev–Trinajstić information content (AvgIpc) is 2.26. The van der Waals surface area contributed by atoms with E-state index in [1.165, 1.54) is 9.96 Å². The summed E-state index contributed by atoms with van der Waals surface area (Å²) in [6.45, 7) is 12.1. The van der Waals surface area contributed by atoms with Gasteiger partial charge in [-0.25, -0.2) is 23.6 Å². The number of likely N-dealkylation sites (N-methyl/N-ethyl adjacent to an activating group) is 1. The molecule has 2 aliphatic rings. The molecule has 1 aromatic carbocycles. The largest absolute Gasteiger partial charge is 0.420 e. The monoisotopic (exact) mass is 1220 g/mol. The molecule has 1 aromatic heterocycles. The van der Waals surface area contributed by atoms with Crippen LogP contribution < -0.4 is 16.2 Å². The summed E-state index contributed by atoms with van der Waals surface area (Å²) >= 11 is 1.56. The predicted molar refractivity (Wildman–Crippen MR) is 286 cm³/mol. The van der Waals surface area contributed by atoms with Gasteiger partial charge in [0.15, 0.2) is 16.5 Å². The van der Waals surface area contributed by atoms with Crippen LogP contribution in [-0.2, 0) is 83.1 Å². The fourth-order valence-electron chi connectivity index (χ4n) is 7.56. The van der Waals surface area contributed by atoms with Gasteiger partial charge >= 0.3 is 22.1 Å². The van der Waals surface area contributed by atoms with Gasteiger partial charge in [0.05, 0.1) is 162 Å². The quantitative estimate of drug-likeness (QED) is 0.0163. The summed E-state index contributed by atoms with van der Waals surface area (Å²) < 4.78 is 145. The van der Waals surface area contributed by atoms with Crippen LogP contribution in [0.15, 0.2) is 21.5 Å². The van der Waals surface area contributed by atoms with Crippen LogP contribution in [0, 0.1) is 29.2 Å². The van der Waals surface area contributed by atoms with Crippen LogP contribution >= 0.6 is 11.3 Å². The van der Waals surface area contributed by atoms with Crippen LogP contribution in [0.5, 0.6) is 5.75 Å². The number of ether oxygens (including phenoxy) is 11. The lowest BCUT2D eigenvalue weighted by atomic mass is 9.95. The molecule has 3 heterocycles. The number of carbonyl (C=O) groups is 4. The molecular weight excluding hydrogens is 1140 g/mol. The highest BCUT2D eigenvalue weighted by atomic mass is 32.2. The Bertz CT molecular complexity index is 2440. The normalized spacial score (nSPS) is 13.6. The predicted octanol–water partition coefficient (Wildman–Crippen LogP) is 3.45. The molecule has 4 rings (SSSR count). The molecule has 0 radical (unpaired) electrons. The van der Waals surface area contributed by atoms with Crippen LogP contribution in [0.1, 0.15) is 49.3 Å². The molecule has 0 unspecified atom stereocenters. The number of hydroxylamine groups is 2. The minimum Gasteiger partial charge on any atom is -0.420 e. The zero-order chi connectivity index (χ0) is 59.7. The van der Waals surface area contributed by atoms with Gasteiger partial charge in [-0.05, 0) is 37.8 Å². The van der Waals surface area contributed by atoms with Gasteiger partial charge in [-0.15, -0.1) is 11.3 Å². The maximum absolute atomic E-state index is 14.0. The molecule has 1 saturated heterocycles.